The summed E-state index contributed by atoms with van der Waals surface area (Å²) in [5.74, 6) is 0.676. The van der Waals surface area contributed by atoms with Crippen molar-refractivity contribution in [3.05, 3.63) is 5.69 Å². The highest BCUT2D eigenvalue weighted by molar-refractivity contribution is 7.10. The fraction of sp³-hybridized carbons (Fsp3) is 0.857. The molecule has 1 aromatic heterocycles. The summed E-state index contributed by atoms with van der Waals surface area (Å²) >= 11 is 1.46. The Morgan fingerprint density at radius 1 is 1.21 bits per heavy atom. The predicted octanol–water partition coefficient (Wildman–Crippen LogP) is 3.62. The average Bonchev–Trinajstić information content (AvgIpc) is 2.78. The molecule has 0 spiro atoms. The predicted molar refractivity (Wildman–Crippen MR) is 83.7 cm³/mol. The number of rotatable bonds is 9. The summed E-state index contributed by atoms with van der Waals surface area (Å²) in [6.07, 6.45) is 2.38. The van der Waals surface area contributed by atoms with Crippen molar-refractivity contribution < 1.29 is 0 Å². The van der Waals surface area contributed by atoms with Crippen molar-refractivity contribution in [3.63, 3.8) is 0 Å². The second kappa shape index (κ2) is 8.48. The Morgan fingerprint density at radius 3 is 2.42 bits per heavy atom. The van der Waals surface area contributed by atoms with Crippen molar-refractivity contribution in [2.24, 2.45) is 5.92 Å². The lowest BCUT2D eigenvalue weighted by Gasteiger charge is -2.31. The van der Waals surface area contributed by atoms with Crippen LogP contribution >= 0.6 is 11.5 Å². The van der Waals surface area contributed by atoms with Gasteiger partial charge in [-0.25, -0.2) is 0 Å². The molecule has 110 valence electrons. The van der Waals surface area contributed by atoms with E-state index in [-0.39, 0.29) is 0 Å². The summed E-state index contributed by atoms with van der Waals surface area (Å²) < 4.78 is 4.09. The maximum Gasteiger partial charge on any atom is 0.134 e. The van der Waals surface area contributed by atoms with E-state index < -0.39 is 0 Å². The van der Waals surface area contributed by atoms with E-state index in [0.29, 0.717) is 12.0 Å². The molecule has 4 nitrogen and oxygen atoms in total. The molecular weight excluding hydrogens is 256 g/mol. The van der Waals surface area contributed by atoms with Gasteiger partial charge in [0.25, 0.3) is 0 Å². The number of aromatic nitrogens is 2. The van der Waals surface area contributed by atoms with Crippen LogP contribution in [0.2, 0.25) is 0 Å². The summed E-state index contributed by atoms with van der Waals surface area (Å²) in [7, 11) is 0. The van der Waals surface area contributed by atoms with Crippen LogP contribution in [0.15, 0.2) is 0 Å². The normalized spacial score (nSPS) is 11.8. The molecule has 0 aliphatic carbocycles. The maximum atomic E-state index is 4.30. The lowest BCUT2D eigenvalue weighted by atomic mass is 10.1. The van der Waals surface area contributed by atoms with Crippen LogP contribution < -0.4 is 5.32 Å². The van der Waals surface area contributed by atoms with Crippen LogP contribution in [-0.4, -0.2) is 33.6 Å². The monoisotopic (exact) mass is 284 g/mol. The van der Waals surface area contributed by atoms with E-state index in [1.165, 1.54) is 24.4 Å². The third-order valence-corrected chi connectivity index (χ3v) is 4.03. The molecule has 5 heteroatoms. The highest BCUT2D eigenvalue weighted by Crippen LogP contribution is 2.22. The fourth-order valence-corrected chi connectivity index (χ4v) is 3.06. The molecule has 19 heavy (non-hydrogen) atoms. The topological polar surface area (TPSA) is 41.1 Å². The van der Waals surface area contributed by atoms with Gasteiger partial charge in [0.1, 0.15) is 10.7 Å². The van der Waals surface area contributed by atoms with Crippen LogP contribution in [0.25, 0.3) is 0 Å². The number of hydrogen-bond acceptors (Lipinski definition) is 5. The number of nitrogens with one attached hydrogen (secondary N) is 1. The van der Waals surface area contributed by atoms with Crippen molar-refractivity contribution in [2.45, 2.75) is 60.0 Å². The smallest absolute Gasteiger partial charge is 0.134 e. The van der Waals surface area contributed by atoms with Crippen molar-refractivity contribution in [1.29, 1.82) is 0 Å². The van der Waals surface area contributed by atoms with E-state index in [0.717, 1.165) is 30.3 Å². The molecule has 1 heterocycles. The van der Waals surface area contributed by atoms with E-state index in [1.807, 2.05) is 0 Å². The van der Waals surface area contributed by atoms with Gasteiger partial charge in [-0.15, -0.1) is 5.10 Å². The van der Waals surface area contributed by atoms with Gasteiger partial charge >= 0.3 is 0 Å². The van der Waals surface area contributed by atoms with Crippen LogP contribution in [0, 0.1) is 5.92 Å². The Bertz CT molecular complexity index is 347. The fourth-order valence-electron chi connectivity index (χ4n) is 2.42. The Balaban J connectivity index is 2.77. The molecule has 1 aromatic rings. The molecule has 0 fully saturated rings. The Morgan fingerprint density at radius 2 is 1.89 bits per heavy atom. The molecule has 0 atom stereocenters. The third kappa shape index (κ3) is 5.07. The molecule has 0 aliphatic rings. The molecular formula is C14H28N4S. The quantitative estimate of drug-likeness (QED) is 0.752. The number of nitrogens with zero attached hydrogens (tertiary/aromatic N) is 3. The van der Waals surface area contributed by atoms with E-state index in [1.54, 1.807) is 0 Å². The highest BCUT2D eigenvalue weighted by atomic mass is 32.1. The molecule has 0 saturated carbocycles. The largest absolute Gasteiger partial charge is 0.374 e. The first kappa shape index (κ1) is 16.4. The van der Waals surface area contributed by atoms with E-state index in [4.69, 9.17) is 0 Å². The molecule has 0 saturated heterocycles. The zero-order chi connectivity index (χ0) is 14.3. The standard InChI is InChI=1S/C14H28N4S/c1-6-12(7-2)18(9-11(4)5)10-13-14(15-8-3)19-17-16-13/h11-12,15H,6-10H2,1-5H3. The highest BCUT2D eigenvalue weighted by Gasteiger charge is 2.19. The first-order valence-electron chi connectivity index (χ1n) is 7.41. The minimum absolute atomic E-state index is 0.638. The minimum atomic E-state index is 0.638. The first-order valence-corrected chi connectivity index (χ1v) is 8.18. The lowest BCUT2D eigenvalue weighted by Crippen LogP contribution is -2.37. The van der Waals surface area contributed by atoms with E-state index >= 15 is 0 Å². The number of anilines is 1. The Hall–Kier alpha value is -0.680. The van der Waals surface area contributed by atoms with Crippen LogP contribution in [0.4, 0.5) is 5.00 Å². The zero-order valence-corrected chi connectivity index (χ0v) is 13.8. The van der Waals surface area contributed by atoms with Crippen LogP contribution in [0.5, 0.6) is 0 Å². The molecule has 0 radical (unpaired) electrons. The van der Waals surface area contributed by atoms with Gasteiger partial charge in [0.15, 0.2) is 0 Å². The maximum absolute atomic E-state index is 4.30. The molecule has 0 aromatic carbocycles. The summed E-state index contributed by atoms with van der Waals surface area (Å²) in [6.45, 7) is 14.2. The lowest BCUT2D eigenvalue weighted by molar-refractivity contribution is 0.156. The van der Waals surface area contributed by atoms with Gasteiger partial charge in [0, 0.05) is 37.2 Å². The van der Waals surface area contributed by atoms with Gasteiger partial charge in [-0.3, -0.25) is 4.90 Å². The van der Waals surface area contributed by atoms with Gasteiger partial charge in [-0.1, -0.05) is 32.2 Å². The average molecular weight is 284 g/mol. The SMILES string of the molecule is CCNc1snnc1CN(CC(C)C)C(CC)CC. The van der Waals surface area contributed by atoms with Gasteiger partial charge in [-0.05, 0) is 25.7 Å². The molecule has 0 amide bonds. The van der Waals surface area contributed by atoms with Gasteiger partial charge in [0.05, 0.1) is 0 Å². The van der Waals surface area contributed by atoms with Crippen LogP contribution in [-0.2, 0) is 6.54 Å². The zero-order valence-electron chi connectivity index (χ0n) is 12.9. The van der Waals surface area contributed by atoms with Gasteiger partial charge in [-0.2, -0.15) is 0 Å². The second-order valence-corrected chi connectivity index (χ2v) is 6.13. The summed E-state index contributed by atoms with van der Waals surface area (Å²) in [5, 5.41) is 8.78. The molecule has 0 bridgehead atoms. The van der Waals surface area contributed by atoms with Crippen molar-refractivity contribution in [1.82, 2.24) is 14.5 Å². The van der Waals surface area contributed by atoms with E-state index in [9.17, 15) is 0 Å². The molecule has 0 unspecified atom stereocenters. The Kier molecular flexibility index (Phi) is 7.31. The second-order valence-electron chi connectivity index (χ2n) is 5.37. The van der Waals surface area contributed by atoms with Crippen LogP contribution in [0.3, 0.4) is 0 Å². The van der Waals surface area contributed by atoms with E-state index in [2.05, 4.69) is 54.4 Å². The van der Waals surface area contributed by atoms with Crippen molar-refractivity contribution in [3.8, 4) is 0 Å². The first-order chi connectivity index (χ1) is 9.12. The molecule has 1 rings (SSSR count). The minimum Gasteiger partial charge on any atom is -0.374 e. The Labute approximate surface area is 121 Å². The summed E-state index contributed by atoms with van der Waals surface area (Å²) in [6, 6.07) is 0.638. The van der Waals surface area contributed by atoms with Gasteiger partial charge < -0.3 is 5.32 Å². The molecule has 0 aliphatic heterocycles. The number of hydrogen-bond donors (Lipinski definition) is 1. The van der Waals surface area contributed by atoms with Crippen molar-refractivity contribution in [2.75, 3.05) is 18.4 Å². The summed E-state index contributed by atoms with van der Waals surface area (Å²) in [4.78, 5) is 2.56. The van der Waals surface area contributed by atoms with Crippen molar-refractivity contribution >= 4 is 16.5 Å². The summed E-state index contributed by atoms with van der Waals surface area (Å²) in [5.41, 5.74) is 1.10. The third-order valence-electron chi connectivity index (χ3n) is 3.30. The molecule has 1 N–H and O–H groups in total. The van der Waals surface area contributed by atoms with Crippen LogP contribution in [0.1, 0.15) is 53.2 Å². The van der Waals surface area contributed by atoms with Gasteiger partial charge in [0.2, 0.25) is 0 Å².